The molecule has 0 aromatic heterocycles. The lowest BCUT2D eigenvalue weighted by Gasteiger charge is -2.18. The molecule has 4 heteroatoms. The van der Waals surface area contributed by atoms with Crippen molar-refractivity contribution < 1.29 is 9.84 Å². The summed E-state index contributed by atoms with van der Waals surface area (Å²) < 4.78 is 6.58. The second-order valence-electron chi connectivity index (χ2n) is 4.59. The zero-order valence-electron chi connectivity index (χ0n) is 10.5. The minimum absolute atomic E-state index is 0.0886. The van der Waals surface area contributed by atoms with Gasteiger partial charge in [-0.2, -0.15) is 0 Å². The van der Waals surface area contributed by atoms with Crippen LogP contribution in [0.15, 0.2) is 22.7 Å². The molecule has 1 aromatic rings. The fraction of sp³-hybridized carbons (Fsp3) is 0.538. The van der Waals surface area contributed by atoms with Gasteiger partial charge in [0.05, 0.1) is 6.10 Å². The molecular weight excluding hydrogens is 282 g/mol. The van der Waals surface area contributed by atoms with E-state index in [9.17, 15) is 5.11 Å². The van der Waals surface area contributed by atoms with Gasteiger partial charge in [0.1, 0.15) is 12.4 Å². The first-order valence-electron chi connectivity index (χ1n) is 5.77. The van der Waals surface area contributed by atoms with Crippen LogP contribution in [0.4, 0.5) is 0 Å². The Morgan fingerprint density at radius 2 is 2.00 bits per heavy atom. The Hall–Kier alpha value is -0.580. The SMILES string of the molecule is CC(C)C(O)COc1cc(Br)ccc1[C@@H](C)N. The lowest BCUT2D eigenvalue weighted by Crippen LogP contribution is -2.24. The molecule has 1 aromatic carbocycles. The first-order chi connectivity index (χ1) is 7.91. The maximum absolute atomic E-state index is 9.72. The van der Waals surface area contributed by atoms with Crippen LogP contribution in [0.3, 0.4) is 0 Å². The number of rotatable bonds is 5. The van der Waals surface area contributed by atoms with E-state index in [1.165, 1.54) is 0 Å². The Bertz CT molecular complexity index is 366. The van der Waals surface area contributed by atoms with Crippen molar-refractivity contribution in [3.05, 3.63) is 28.2 Å². The molecule has 96 valence electrons. The van der Waals surface area contributed by atoms with Crippen molar-refractivity contribution in [2.45, 2.75) is 32.9 Å². The second-order valence-corrected chi connectivity index (χ2v) is 5.51. The number of halogens is 1. The van der Waals surface area contributed by atoms with E-state index in [-0.39, 0.29) is 18.6 Å². The highest BCUT2D eigenvalue weighted by molar-refractivity contribution is 9.10. The quantitative estimate of drug-likeness (QED) is 0.879. The van der Waals surface area contributed by atoms with E-state index in [4.69, 9.17) is 10.5 Å². The summed E-state index contributed by atoms with van der Waals surface area (Å²) in [6.07, 6.45) is -0.463. The van der Waals surface area contributed by atoms with Gasteiger partial charge in [0, 0.05) is 16.1 Å². The van der Waals surface area contributed by atoms with Crippen molar-refractivity contribution in [1.82, 2.24) is 0 Å². The predicted octanol–water partition coefficient (Wildman–Crippen LogP) is 2.86. The van der Waals surface area contributed by atoms with Crippen LogP contribution < -0.4 is 10.5 Å². The molecule has 0 saturated carbocycles. The summed E-state index contributed by atoms with van der Waals surface area (Å²) in [4.78, 5) is 0. The van der Waals surface area contributed by atoms with Gasteiger partial charge in [0.15, 0.2) is 0 Å². The van der Waals surface area contributed by atoms with Crippen molar-refractivity contribution in [2.24, 2.45) is 11.7 Å². The van der Waals surface area contributed by atoms with E-state index >= 15 is 0 Å². The molecule has 0 heterocycles. The molecule has 0 radical (unpaired) electrons. The van der Waals surface area contributed by atoms with Crippen molar-refractivity contribution >= 4 is 15.9 Å². The van der Waals surface area contributed by atoms with Crippen LogP contribution in [-0.4, -0.2) is 17.8 Å². The lowest BCUT2D eigenvalue weighted by atomic mass is 10.1. The van der Waals surface area contributed by atoms with E-state index in [1.807, 2.05) is 39.0 Å². The zero-order chi connectivity index (χ0) is 13.0. The number of nitrogens with two attached hydrogens (primary N) is 1. The molecular formula is C13H20BrNO2. The molecule has 0 amide bonds. The third-order valence-corrected chi connectivity index (χ3v) is 3.14. The van der Waals surface area contributed by atoms with Crippen LogP contribution in [0.25, 0.3) is 0 Å². The summed E-state index contributed by atoms with van der Waals surface area (Å²) >= 11 is 3.40. The highest BCUT2D eigenvalue weighted by atomic mass is 79.9. The van der Waals surface area contributed by atoms with Gasteiger partial charge in [-0.15, -0.1) is 0 Å². The summed E-state index contributed by atoms with van der Waals surface area (Å²) in [6, 6.07) is 5.66. The molecule has 0 spiro atoms. The first-order valence-corrected chi connectivity index (χ1v) is 6.57. The second kappa shape index (κ2) is 6.38. The van der Waals surface area contributed by atoms with Crippen molar-refractivity contribution in [3.8, 4) is 5.75 Å². The number of ether oxygens (including phenoxy) is 1. The molecule has 3 nitrogen and oxygen atoms in total. The molecule has 0 aliphatic rings. The largest absolute Gasteiger partial charge is 0.490 e. The van der Waals surface area contributed by atoms with Gasteiger partial charge in [0.25, 0.3) is 0 Å². The number of hydrogen-bond donors (Lipinski definition) is 2. The third-order valence-electron chi connectivity index (χ3n) is 2.65. The van der Waals surface area contributed by atoms with Crippen molar-refractivity contribution in [1.29, 1.82) is 0 Å². The molecule has 3 N–H and O–H groups in total. The van der Waals surface area contributed by atoms with Crippen LogP contribution in [0.1, 0.15) is 32.4 Å². The van der Waals surface area contributed by atoms with E-state index in [0.717, 1.165) is 15.8 Å². The van der Waals surface area contributed by atoms with Gasteiger partial charge in [0.2, 0.25) is 0 Å². The fourth-order valence-corrected chi connectivity index (χ4v) is 1.72. The minimum Gasteiger partial charge on any atom is -0.490 e. The molecule has 0 aliphatic carbocycles. The number of hydrogen-bond acceptors (Lipinski definition) is 3. The lowest BCUT2D eigenvalue weighted by molar-refractivity contribution is 0.0696. The highest BCUT2D eigenvalue weighted by Crippen LogP contribution is 2.27. The molecule has 0 saturated heterocycles. The summed E-state index contributed by atoms with van der Waals surface area (Å²) in [7, 11) is 0. The fourth-order valence-electron chi connectivity index (χ4n) is 1.38. The van der Waals surface area contributed by atoms with E-state index in [1.54, 1.807) is 0 Å². The number of aliphatic hydroxyl groups is 1. The molecule has 2 atom stereocenters. The number of aliphatic hydroxyl groups excluding tert-OH is 1. The zero-order valence-corrected chi connectivity index (χ0v) is 12.1. The van der Waals surface area contributed by atoms with Crippen molar-refractivity contribution in [2.75, 3.05) is 6.61 Å². The first kappa shape index (κ1) is 14.5. The molecule has 0 aliphatic heterocycles. The maximum atomic E-state index is 9.72. The maximum Gasteiger partial charge on any atom is 0.125 e. The summed E-state index contributed by atoms with van der Waals surface area (Å²) in [5, 5.41) is 9.72. The summed E-state index contributed by atoms with van der Waals surface area (Å²) in [5.41, 5.74) is 6.82. The molecule has 1 unspecified atom stereocenters. The van der Waals surface area contributed by atoms with Gasteiger partial charge >= 0.3 is 0 Å². The average molecular weight is 302 g/mol. The Morgan fingerprint density at radius 3 is 2.53 bits per heavy atom. The predicted molar refractivity (Wildman–Crippen MR) is 73.1 cm³/mol. The summed E-state index contributed by atoms with van der Waals surface area (Å²) in [5.74, 6) is 0.912. The van der Waals surface area contributed by atoms with Crippen LogP contribution in [0.2, 0.25) is 0 Å². The molecule has 0 fully saturated rings. The molecule has 17 heavy (non-hydrogen) atoms. The average Bonchev–Trinajstić information content (AvgIpc) is 2.25. The van der Waals surface area contributed by atoms with Gasteiger partial charge in [-0.25, -0.2) is 0 Å². The van der Waals surface area contributed by atoms with Gasteiger partial charge in [-0.3, -0.25) is 0 Å². The number of benzene rings is 1. The highest BCUT2D eigenvalue weighted by Gasteiger charge is 2.13. The van der Waals surface area contributed by atoms with Crippen molar-refractivity contribution in [3.63, 3.8) is 0 Å². The van der Waals surface area contributed by atoms with E-state index < -0.39 is 6.10 Å². The van der Waals surface area contributed by atoms with Gasteiger partial charge < -0.3 is 15.6 Å². The van der Waals surface area contributed by atoms with Crippen LogP contribution >= 0.6 is 15.9 Å². The Kier molecular flexibility index (Phi) is 5.43. The summed E-state index contributed by atoms with van der Waals surface area (Å²) in [6.45, 7) is 6.12. The molecule has 1 rings (SSSR count). The minimum atomic E-state index is -0.463. The Labute approximate surface area is 111 Å². The van der Waals surface area contributed by atoms with E-state index in [0.29, 0.717) is 0 Å². The van der Waals surface area contributed by atoms with Crippen LogP contribution in [0.5, 0.6) is 5.75 Å². The smallest absolute Gasteiger partial charge is 0.125 e. The topological polar surface area (TPSA) is 55.5 Å². The van der Waals surface area contributed by atoms with E-state index in [2.05, 4.69) is 15.9 Å². The van der Waals surface area contributed by atoms with Gasteiger partial charge in [-0.1, -0.05) is 35.8 Å². The van der Waals surface area contributed by atoms with Crippen LogP contribution in [0, 0.1) is 5.92 Å². The van der Waals surface area contributed by atoms with Gasteiger partial charge in [-0.05, 0) is 25.0 Å². The third kappa shape index (κ3) is 4.30. The monoisotopic (exact) mass is 301 g/mol. The molecule has 0 bridgehead atoms. The standard InChI is InChI=1S/C13H20BrNO2/c1-8(2)12(16)7-17-13-6-10(14)4-5-11(13)9(3)15/h4-6,8-9,12,16H,7,15H2,1-3H3/t9-,12?/m1/s1. The Morgan fingerprint density at radius 1 is 1.35 bits per heavy atom. The normalized spacial score (nSPS) is 14.8. The van der Waals surface area contributed by atoms with Crippen LogP contribution in [-0.2, 0) is 0 Å². The Balaban J connectivity index is 2.78.